The van der Waals surface area contributed by atoms with Gasteiger partial charge >= 0.3 is 5.97 Å². The zero-order valence-corrected chi connectivity index (χ0v) is 13.3. The van der Waals surface area contributed by atoms with E-state index in [-0.39, 0.29) is 19.1 Å². The Kier molecular flexibility index (Phi) is 6.32. The van der Waals surface area contributed by atoms with E-state index in [9.17, 15) is 9.90 Å². The molecule has 0 amide bonds. The third kappa shape index (κ3) is 5.20. The largest absolute Gasteiger partial charge is 0.464 e. The van der Waals surface area contributed by atoms with Crippen LogP contribution in [0.3, 0.4) is 0 Å². The number of hydrogen-bond donors (Lipinski definition) is 2. The molecule has 0 bridgehead atoms. The number of carbonyl (C=O) groups excluding carboxylic acids is 1. The van der Waals surface area contributed by atoms with E-state index in [2.05, 4.69) is 24.3 Å². The fraction of sp³-hybridized carbons (Fsp3) is 0.316. The lowest BCUT2D eigenvalue weighted by atomic mass is 9.98. The highest BCUT2D eigenvalue weighted by Gasteiger charge is 2.19. The molecule has 0 saturated heterocycles. The molecule has 0 aliphatic rings. The van der Waals surface area contributed by atoms with Gasteiger partial charge in [-0.2, -0.15) is 0 Å². The molecule has 122 valence electrons. The van der Waals surface area contributed by atoms with E-state index in [1.807, 2.05) is 30.3 Å². The van der Waals surface area contributed by atoms with Gasteiger partial charge in [0, 0.05) is 6.04 Å². The summed E-state index contributed by atoms with van der Waals surface area (Å²) in [4.78, 5) is 11.4. The first-order valence-electron chi connectivity index (χ1n) is 7.84. The van der Waals surface area contributed by atoms with Crippen LogP contribution in [0.25, 0.3) is 11.1 Å². The summed E-state index contributed by atoms with van der Waals surface area (Å²) in [5.74, 6) is -0.609. The number of nitrogens with two attached hydrogens (primary N) is 1. The zero-order chi connectivity index (χ0) is 16.7. The van der Waals surface area contributed by atoms with Gasteiger partial charge < -0.3 is 15.6 Å². The Balaban J connectivity index is 1.92. The van der Waals surface area contributed by atoms with Crippen molar-refractivity contribution in [3.05, 3.63) is 60.2 Å². The Bertz CT molecular complexity index is 610. The number of esters is 1. The first-order valence-corrected chi connectivity index (χ1v) is 7.84. The van der Waals surface area contributed by atoms with Crippen molar-refractivity contribution < 1.29 is 14.6 Å². The van der Waals surface area contributed by atoms with Crippen LogP contribution in [0.5, 0.6) is 0 Å². The van der Waals surface area contributed by atoms with Crippen LogP contribution < -0.4 is 5.73 Å². The second kappa shape index (κ2) is 8.46. The van der Waals surface area contributed by atoms with Crippen LogP contribution in [0, 0.1) is 0 Å². The Hall–Kier alpha value is -2.17. The molecule has 0 radical (unpaired) electrons. The lowest BCUT2D eigenvalue weighted by molar-refractivity contribution is -0.153. The highest BCUT2D eigenvalue weighted by Crippen LogP contribution is 2.20. The number of carbonyl (C=O) groups is 1. The van der Waals surface area contributed by atoms with Crippen molar-refractivity contribution >= 4 is 5.97 Å². The van der Waals surface area contributed by atoms with Crippen LogP contribution in [-0.2, 0) is 16.0 Å². The Morgan fingerprint density at radius 3 is 2.30 bits per heavy atom. The molecule has 0 fully saturated rings. The lowest BCUT2D eigenvalue weighted by Crippen LogP contribution is -2.33. The van der Waals surface area contributed by atoms with Gasteiger partial charge in [-0.25, -0.2) is 4.79 Å². The number of rotatable bonds is 7. The molecule has 0 aliphatic carbocycles. The molecule has 2 aromatic carbocycles. The molecule has 3 N–H and O–H groups in total. The van der Waals surface area contributed by atoms with E-state index in [4.69, 9.17) is 10.5 Å². The molecule has 0 aromatic heterocycles. The van der Waals surface area contributed by atoms with Gasteiger partial charge in [-0.1, -0.05) is 54.6 Å². The van der Waals surface area contributed by atoms with Crippen LogP contribution in [-0.4, -0.2) is 29.8 Å². The maximum Gasteiger partial charge on any atom is 0.335 e. The molecular formula is C19H23NO3. The summed E-state index contributed by atoms with van der Waals surface area (Å²) in [7, 11) is 0. The van der Waals surface area contributed by atoms with Crippen LogP contribution in [0.1, 0.15) is 18.9 Å². The van der Waals surface area contributed by atoms with Crippen LogP contribution in [0.2, 0.25) is 0 Å². The van der Waals surface area contributed by atoms with E-state index < -0.39 is 12.1 Å². The minimum absolute atomic E-state index is 0.194. The molecule has 4 nitrogen and oxygen atoms in total. The van der Waals surface area contributed by atoms with E-state index in [0.717, 1.165) is 11.1 Å². The normalized spacial score (nSPS) is 13.3. The highest BCUT2D eigenvalue weighted by molar-refractivity contribution is 5.74. The van der Waals surface area contributed by atoms with Crippen molar-refractivity contribution in [2.45, 2.75) is 31.9 Å². The minimum Gasteiger partial charge on any atom is -0.464 e. The van der Waals surface area contributed by atoms with Gasteiger partial charge in [0.05, 0.1) is 6.61 Å². The van der Waals surface area contributed by atoms with Crippen molar-refractivity contribution in [2.75, 3.05) is 6.61 Å². The predicted molar refractivity (Wildman–Crippen MR) is 90.8 cm³/mol. The van der Waals surface area contributed by atoms with Gasteiger partial charge in [0.2, 0.25) is 0 Å². The van der Waals surface area contributed by atoms with Gasteiger partial charge in [0.25, 0.3) is 0 Å². The molecule has 2 aromatic rings. The first kappa shape index (κ1) is 17.2. The zero-order valence-electron chi connectivity index (χ0n) is 13.3. The summed E-state index contributed by atoms with van der Waals surface area (Å²) in [5.41, 5.74) is 9.41. The summed E-state index contributed by atoms with van der Waals surface area (Å²) >= 11 is 0. The van der Waals surface area contributed by atoms with E-state index in [1.54, 1.807) is 6.92 Å². The monoisotopic (exact) mass is 313 g/mol. The number of benzene rings is 2. The topological polar surface area (TPSA) is 72.5 Å². The maximum atomic E-state index is 11.4. The van der Waals surface area contributed by atoms with Crippen molar-refractivity contribution in [3.8, 4) is 11.1 Å². The van der Waals surface area contributed by atoms with Gasteiger partial charge in [-0.05, 0) is 36.5 Å². The molecule has 1 unspecified atom stereocenters. The third-order valence-corrected chi connectivity index (χ3v) is 3.64. The molecule has 4 heteroatoms. The average molecular weight is 313 g/mol. The molecule has 0 heterocycles. The maximum absolute atomic E-state index is 11.4. The van der Waals surface area contributed by atoms with Crippen LogP contribution in [0.15, 0.2) is 54.6 Å². The van der Waals surface area contributed by atoms with E-state index in [0.29, 0.717) is 6.42 Å². The van der Waals surface area contributed by atoms with E-state index >= 15 is 0 Å². The van der Waals surface area contributed by atoms with Crippen molar-refractivity contribution in [1.82, 2.24) is 0 Å². The molecule has 2 atom stereocenters. The van der Waals surface area contributed by atoms with E-state index in [1.165, 1.54) is 5.56 Å². The molecule has 2 rings (SSSR count). The third-order valence-electron chi connectivity index (χ3n) is 3.64. The van der Waals surface area contributed by atoms with Gasteiger partial charge in [0.15, 0.2) is 6.10 Å². The fourth-order valence-electron chi connectivity index (χ4n) is 2.47. The summed E-state index contributed by atoms with van der Waals surface area (Å²) in [5, 5.41) is 9.74. The molecule has 0 spiro atoms. The fourth-order valence-corrected chi connectivity index (χ4v) is 2.47. The van der Waals surface area contributed by atoms with Gasteiger partial charge in [-0.15, -0.1) is 0 Å². The summed E-state index contributed by atoms with van der Waals surface area (Å²) in [6.07, 6.45) is -0.362. The van der Waals surface area contributed by atoms with Crippen molar-refractivity contribution in [1.29, 1.82) is 0 Å². The lowest BCUT2D eigenvalue weighted by Gasteiger charge is -2.15. The Morgan fingerprint density at radius 2 is 1.70 bits per heavy atom. The van der Waals surface area contributed by atoms with Crippen LogP contribution in [0.4, 0.5) is 0 Å². The summed E-state index contributed by atoms with van der Waals surface area (Å²) in [6, 6.07) is 18.0. The SMILES string of the molecule is CCOC(=O)C(O)C[C@@H](N)Cc1ccc(-c2ccccc2)cc1. The van der Waals surface area contributed by atoms with Gasteiger partial charge in [0.1, 0.15) is 0 Å². The molecule has 23 heavy (non-hydrogen) atoms. The number of ether oxygens (including phenoxy) is 1. The second-order valence-electron chi connectivity index (χ2n) is 5.53. The Labute approximate surface area is 136 Å². The van der Waals surface area contributed by atoms with Crippen molar-refractivity contribution in [2.24, 2.45) is 5.73 Å². The number of hydrogen-bond acceptors (Lipinski definition) is 4. The predicted octanol–water partition coefficient (Wildman–Crippen LogP) is 2.54. The smallest absolute Gasteiger partial charge is 0.335 e. The molecule has 0 saturated carbocycles. The average Bonchev–Trinajstić information content (AvgIpc) is 2.56. The second-order valence-corrected chi connectivity index (χ2v) is 5.53. The number of aliphatic hydroxyl groups excluding tert-OH is 1. The quantitative estimate of drug-likeness (QED) is 0.771. The molecule has 0 aliphatic heterocycles. The first-order chi connectivity index (χ1) is 11.1. The summed E-state index contributed by atoms with van der Waals surface area (Å²) < 4.78 is 4.77. The molecular weight excluding hydrogens is 290 g/mol. The van der Waals surface area contributed by atoms with Crippen molar-refractivity contribution in [3.63, 3.8) is 0 Å². The summed E-state index contributed by atoms with van der Waals surface area (Å²) in [6.45, 7) is 1.96. The van der Waals surface area contributed by atoms with Crippen LogP contribution >= 0.6 is 0 Å². The Morgan fingerprint density at radius 1 is 1.09 bits per heavy atom. The number of aliphatic hydroxyl groups is 1. The standard InChI is InChI=1S/C19H23NO3/c1-2-23-19(22)18(21)13-17(20)12-14-8-10-16(11-9-14)15-6-4-3-5-7-15/h3-11,17-18,21H,2,12-13,20H2,1H3/t17-,18?/m0/s1. The van der Waals surface area contributed by atoms with Gasteiger partial charge in [-0.3, -0.25) is 0 Å². The minimum atomic E-state index is -1.16. The highest BCUT2D eigenvalue weighted by atomic mass is 16.5.